The lowest BCUT2D eigenvalue weighted by atomic mass is 10.2. The van der Waals surface area contributed by atoms with Crippen molar-refractivity contribution in [2.24, 2.45) is 0 Å². The maximum absolute atomic E-state index is 5.89. The Morgan fingerprint density at radius 2 is 1.53 bits per heavy atom. The SMILES string of the molecule is Clc1cc(Cl)cc(OCc2ccc(I)cc2)c1. The van der Waals surface area contributed by atoms with Crippen LogP contribution in [0.2, 0.25) is 10.0 Å². The lowest BCUT2D eigenvalue weighted by molar-refractivity contribution is 0.306. The Hall–Kier alpha value is -0.450. The van der Waals surface area contributed by atoms with Crippen LogP contribution in [-0.4, -0.2) is 0 Å². The van der Waals surface area contributed by atoms with E-state index >= 15 is 0 Å². The number of hydrogen-bond acceptors (Lipinski definition) is 1. The molecule has 0 aliphatic carbocycles. The van der Waals surface area contributed by atoms with E-state index in [9.17, 15) is 0 Å². The molecular weight excluding hydrogens is 370 g/mol. The van der Waals surface area contributed by atoms with Crippen molar-refractivity contribution >= 4 is 45.8 Å². The first-order valence-corrected chi connectivity index (χ1v) is 6.80. The van der Waals surface area contributed by atoms with Crippen LogP contribution in [-0.2, 0) is 6.61 Å². The fraction of sp³-hybridized carbons (Fsp3) is 0.0769. The second-order valence-electron chi connectivity index (χ2n) is 3.52. The monoisotopic (exact) mass is 378 g/mol. The zero-order chi connectivity index (χ0) is 12.3. The molecule has 0 bridgehead atoms. The van der Waals surface area contributed by atoms with Crippen LogP contribution >= 0.6 is 45.8 Å². The minimum Gasteiger partial charge on any atom is -0.489 e. The average Bonchev–Trinajstić information content (AvgIpc) is 2.27. The molecule has 0 spiro atoms. The molecule has 0 heterocycles. The average molecular weight is 379 g/mol. The number of rotatable bonds is 3. The summed E-state index contributed by atoms with van der Waals surface area (Å²) in [6, 6.07) is 13.3. The van der Waals surface area contributed by atoms with Gasteiger partial charge in [0.2, 0.25) is 0 Å². The smallest absolute Gasteiger partial charge is 0.122 e. The summed E-state index contributed by atoms with van der Waals surface area (Å²) in [5, 5.41) is 1.16. The number of halogens is 3. The zero-order valence-corrected chi connectivity index (χ0v) is 12.5. The van der Waals surface area contributed by atoms with Crippen LogP contribution in [0.1, 0.15) is 5.56 Å². The van der Waals surface area contributed by atoms with Crippen LogP contribution in [0.15, 0.2) is 42.5 Å². The van der Waals surface area contributed by atoms with E-state index in [2.05, 4.69) is 22.6 Å². The first kappa shape index (κ1) is 13.0. The summed E-state index contributed by atoms with van der Waals surface area (Å²) in [6.45, 7) is 0.508. The van der Waals surface area contributed by atoms with Crippen LogP contribution in [0.4, 0.5) is 0 Å². The molecule has 0 saturated carbocycles. The summed E-state index contributed by atoms with van der Waals surface area (Å²) < 4.78 is 6.83. The van der Waals surface area contributed by atoms with Gasteiger partial charge in [-0.2, -0.15) is 0 Å². The molecule has 2 aromatic rings. The van der Waals surface area contributed by atoms with Gasteiger partial charge in [-0.1, -0.05) is 35.3 Å². The van der Waals surface area contributed by atoms with Crippen molar-refractivity contribution in [1.29, 1.82) is 0 Å². The molecular formula is C13H9Cl2IO. The van der Waals surface area contributed by atoms with Gasteiger partial charge in [0.05, 0.1) is 0 Å². The molecule has 2 aromatic carbocycles. The van der Waals surface area contributed by atoms with E-state index in [1.807, 2.05) is 24.3 Å². The summed E-state index contributed by atoms with van der Waals surface area (Å²) in [4.78, 5) is 0. The van der Waals surface area contributed by atoms with Crippen LogP contribution in [0.5, 0.6) is 5.75 Å². The fourth-order valence-electron chi connectivity index (χ4n) is 1.36. The molecule has 4 heteroatoms. The molecule has 0 N–H and O–H groups in total. The highest BCUT2D eigenvalue weighted by Gasteiger charge is 2.00. The van der Waals surface area contributed by atoms with Crippen LogP contribution in [0, 0.1) is 3.57 Å². The van der Waals surface area contributed by atoms with Crippen molar-refractivity contribution in [2.75, 3.05) is 0 Å². The molecule has 0 aliphatic heterocycles. The van der Waals surface area contributed by atoms with Gasteiger partial charge in [0.15, 0.2) is 0 Å². The molecule has 88 valence electrons. The quantitative estimate of drug-likeness (QED) is 0.669. The largest absolute Gasteiger partial charge is 0.489 e. The second kappa shape index (κ2) is 5.94. The molecule has 2 rings (SSSR count). The highest BCUT2D eigenvalue weighted by Crippen LogP contribution is 2.24. The highest BCUT2D eigenvalue weighted by molar-refractivity contribution is 14.1. The number of ether oxygens (including phenoxy) is 1. The first-order valence-electron chi connectivity index (χ1n) is 4.97. The third-order valence-electron chi connectivity index (χ3n) is 2.15. The zero-order valence-electron chi connectivity index (χ0n) is 8.79. The van der Waals surface area contributed by atoms with E-state index in [0.717, 1.165) is 5.56 Å². The topological polar surface area (TPSA) is 9.23 Å². The van der Waals surface area contributed by atoms with Crippen molar-refractivity contribution in [3.05, 3.63) is 61.6 Å². The van der Waals surface area contributed by atoms with Crippen molar-refractivity contribution < 1.29 is 4.74 Å². The van der Waals surface area contributed by atoms with Crippen LogP contribution in [0.25, 0.3) is 0 Å². The molecule has 0 amide bonds. The Morgan fingerprint density at radius 1 is 0.941 bits per heavy atom. The minimum atomic E-state index is 0.508. The lowest BCUT2D eigenvalue weighted by Crippen LogP contribution is -1.95. The number of hydrogen-bond donors (Lipinski definition) is 0. The van der Waals surface area contributed by atoms with Crippen molar-refractivity contribution in [1.82, 2.24) is 0 Å². The Bertz CT molecular complexity index is 491. The molecule has 0 unspecified atom stereocenters. The summed E-state index contributed by atoms with van der Waals surface area (Å²) in [6.07, 6.45) is 0. The van der Waals surface area contributed by atoms with E-state index < -0.39 is 0 Å². The Labute approximate surface area is 124 Å². The van der Waals surface area contributed by atoms with Gasteiger partial charge in [-0.05, 0) is 58.5 Å². The van der Waals surface area contributed by atoms with E-state index in [0.29, 0.717) is 22.4 Å². The lowest BCUT2D eigenvalue weighted by Gasteiger charge is -2.07. The molecule has 1 nitrogen and oxygen atoms in total. The molecule has 0 aliphatic rings. The minimum absolute atomic E-state index is 0.508. The Kier molecular flexibility index (Phi) is 4.54. The van der Waals surface area contributed by atoms with E-state index in [1.165, 1.54) is 3.57 Å². The predicted molar refractivity (Wildman–Crippen MR) is 80.0 cm³/mol. The maximum Gasteiger partial charge on any atom is 0.122 e. The molecule has 0 fully saturated rings. The van der Waals surface area contributed by atoms with E-state index in [1.54, 1.807) is 18.2 Å². The summed E-state index contributed by atoms with van der Waals surface area (Å²) in [5.41, 5.74) is 1.11. The van der Waals surface area contributed by atoms with Gasteiger partial charge < -0.3 is 4.74 Å². The van der Waals surface area contributed by atoms with Gasteiger partial charge in [-0.15, -0.1) is 0 Å². The standard InChI is InChI=1S/C13H9Cl2IO/c14-10-5-11(15)7-13(6-10)17-8-9-1-3-12(16)4-2-9/h1-7H,8H2. The highest BCUT2D eigenvalue weighted by atomic mass is 127. The van der Waals surface area contributed by atoms with Gasteiger partial charge in [-0.3, -0.25) is 0 Å². The van der Waals surface area contributed by atoms with Gasteiger partial charge in [0.1, 0.15) is 12.4 Å². The van der Waals surface area contributed by atoms with Crippen molar-refractivity contribution in [2.45, 2.75) is 6.61 Å². The second-order valence-corrected chi connectivity index (χ2v) is 5.64. The van der Waals surface area contributed by atoms with Gasteiger partial charge in [0, 0.05) is 13.6 Å². The summed E-state index contributed by atoms with van der Waals surface area (Å²) >= 11 is 14.0. The third kappa shape index (κ3) is 4.05. The molecule has 0 aromatic heterocycles. The normalized spacial score (nSPS) is 10.3. The van der Waals surface area contributed by atoms with Crippen LogP contribution < -0.4 is 4.74 Å². The van der Waals surface area contributed by atoms with Crippen LogP contribution in [0.3, 0.4) is 0 Å². The van der Waals surface area contributed by atoms with Gasteiger partial charge in [-0.25, -0.2) is 0 Å². The predicted octanol–water partition coefficient (Wildman–Crippen LogP) is 5.18. The fourth-order valence-corrected chi connectivity index (χ4v) is 2.22. The Morgan fingerprint density at radius 3 is 2.12 bits per heavy atom. The Balaban J connectivity index is 2.04. The van der Waals surface area contributed by atoms with Gasteiger partial charge >= 0.3 is 0 Å². The molecule has 0 radical (unpaired) electrons. The van der Waals surface area contributed by atoms with E-state index in [-0.39, 0.29) is 0 Å². The number of benzene rings is 2. The maximum atomic E-state index is 5.89. The van der Waals surface area contributed by atoms with E-state index in [4.69, 9.17) is 27.9 Å². The summed E-state index contributed by atoms with van der Waals surface area (Å²) in [5.74, 6) is 0.682. The molecule has 17 heavy (non-hydrogen) atoms. The first-order chi connectivity index (χ1) is 8.13. The third-order valence-corrected chi connectivity index (χ3v) is 3.31. The molecule has 0 saturated heterocycles. The van der Waals surface area contributed by atoms with Crippen molar-refractivity contribution in [3.8, 4) is 5.75 Å². The summed E-state index contributed by atoms with van der Waals surface area (Å²) in [7, 11) is 0. The molecule has 0 atom stereocenters. The van der Waals surface area contributed by atoms with Crippen molar-refractivity contribution in [3.63, 3.8) is 0 Å². The van der Waals surface area contributed by atoms with Gasteiger partial charge in [0.25, 0.3) is 0 Å².